The first-order chi connectivity index (χ1) is 18.3. The summed E-state index contributed by atoms with van der Waals surface area (Å²) in [5, 5.41) is 11.5. The van der Waals surface area contributed by atoms with E-state index in [9.17, 15) is 14.7 Å². The predicted octanol–water partition coefficient (Wildman–Crippen LogP) is 6.21. The zero-order valence-electron chi connectivity index (χ0n) is 22.4. The second kappa shape index (κ2) is 11.4. The van der Waals surface area contributed by atoms with Gasteiger partial charge in [-0.1, -0.05) is 31.2 Å². The zero-order valence-corrected chi connectivity index (χ0v) is 22.4. The van der Waals surface area contributed by atoms with Gasteiger partial charge in [-0.05, 0) is 69.2 Å². The first kappa shape index (κ1) is 26.8. The van der Waals surface area contributed by atoms with Crippen molar-refractivity contribution in [1.29, 1.82) is 0 Å². The molecule has 0 radical (unpaired) electrons. The van der Waals surface area contributed by atoms with Crippen molar-refractivity contribution in [2.45, 2.75) is 46.3 Å². The van der Waals surface area contributed by atoms with Crippen LogP contribution < -0.4 is 19.1 Å². The lowest BCUT2D eigenvalue weighted by molar-refractivity contribution is -0.132. The Kier molecular flexibility index (Phi) is 8.05. The van der Waals surface area contributed by atoms with Crippen molar-refractivity contribution in [1.82, 2.24) is 0 Å². The third-order valence-corrected chi connectivity index (χ3v) is 6.26. The Bertz CT molecular complexity index is 1380. The average molecular weight is 516 g/mol. The van der Waals surface area contributed by atoms with Crippen LogP contribution in [0, 0.1) is 6.92 Å². The molecular formula is C31H33NO6. The molecule has 1 fully saturated rings. The molecule has 1 atom stereocenters. The molecular weight excluding hydrogens is 482 g/mol. The van der Waals surface area contributed by atoms with Crippen LogP contribution in [-0.2, 0) is 9.59 Å². The SMILES string of the molecule is CCCOc1cccc(N2C(=O)C(=O)/C(=C(/O)c3ccc(OC(C)C)c(C)c3)C2c2ccccc2OC)c1. The van der Waals surface area contributed by atoms with E-state index in [0.29, 0.717) is 40.7 Å². The molecule has 1 aliphatic heterocycles. The molecule has 7 nitrogen and oxygen atoms in total. The fourth-order valence-electron chi connectivity index (χ4n) is 4.57. The molecule has 1 amide bonds. The standard InChI is InChI=1S/C31H33NO6/c1-6-16-37-23-11-9-10-22(18-23)32-28(24-12-7-8-13-26(24)36-5)27(30(34)31(32)35)29(33)21-14-15-25(20(4)17-21)38-19(2)3/h7-15,17-19,28,33H,6,16H2,1-5H3/b29-27+. The number of ether oxygens (including phenoxy) is 3. The van der Waals surface area contributed by atoms with E-state index in [-0.39, 0.29) is 17.4 Å². The van der Waals surface area contributed by atoms with Crippen molar-refractivity contribution in [2.24, 2.45) is 0 Å². The number of para-hydroxylation sites is 1. The molecule has 1 unspecified atom stereocenters. The fraction of sp³-hybridized carbons (Fsp3) is 0.290. The van der Waals surface area contributed by atoms with Gasteiger partial charge in [0.1, 0.15) is 23.0 Å². The van der Waals surface area contributed by atoms with Gasteiger partial charge < -0.3 is 19.3 Å². The minimum Gasteiger partial charge on any atom is -0.507 e. The number of carbonyl (C=O) groups excluding carboxylic acids is 2. The quantitative estimate of drug-likeness (QED) is 0.207. The van der Waals surface area contributed by atoms with E-state index in [1.54, 1.807) is 60.7 Å². The van der Waals surface area contributed by atoms with Crippen LogP contribution in [0.4, 0.5) is 5.69 Å². The first-order valence-electron chi connectivity index (χ1n) is 12.7. The third-order valence-electron chi connectivity index (χ3n) is 6.26. The number of anilines is 1. The Morgan fingerprint density at radius 1 is 1.00 bits per heavy atom. The molecule has 1 N–H and O–H groups in total. The van der Waals surface area contributed by atoms with E-state index in [0.717, 1.165) is 12.0 Å². The van der Waals surface area contributed by atoms with E-state index in [2.05, 4.69) is 0 Å². The maximum Gasteiger partial charge on any atom is 0.300 e. The van der Waals surface area contributed by atoms with Crippen molar-refractivity contribution in [3.8, 4) is 17.2 Å². The summed E-state index contributed by atoms with van der Waals surface area (Å²) in [6, 6.07) is 18.5. The van der Waals surface area contributed by atoms with Gasteiger partial charge in [0, 0.05) is 22.9 Å². The molecule has 0 spiro atoms. The number of amides is 1. The average Bonchev–Trinajstić information content (AvgIpc) is 3.18. The maximum absolute atomic E-state index is 13.5. The summed E-state index contributed by atoms with van der Waals surface area (Å²) < 4.78 is 17.2. The van der Waals surface area contributed by atoms with E-state index < -0.39 is 17.7 Å². The zero-order chi connectivity index (χ0) is 27.4. The van der Waals surface area contributed by atoms with Gasteiger partial charge >= 0.3 is 0 Å². The summed E-state index contributed by atoms with van der Waals surface area (Å²) >= 11 is 0. The van der Waals surface area contributed by atoms with Crippen LogP contribution in [-0.4, -0.2) is 36.6 Å². The number of methoxy groups -OCH3 is 1. The Morgan fingerprint density at radius 3 is 2.45 bits per heavy atom. The van der Waals surface area contributed by atoms with Crippen LogP contribution in [0.1, 0.15) is 49.9 Å². The highest BCUT2D eigenvalue weighted by molar-refractivity contribution is 6.51. The molecule has 7 heteroatoms. The van der Waals surface area contributed by atoms with Crippen molar-refractivity contribution >= 4 is 23.1 Å². The molecule has 0 aromatic heterocycles. The third kappa shape index (κ3) is 5.23. The second-order valence-corrected chi connectivity index (χ2v) is 9.40. The molecule has 3 aromatic carbocycles. The molecule has 4 rings (SSSR count). The van der Waals surface area contributed by atoms with Gasteiger partial charge in [0.25, 0.3) is 11.7 Å². The lowest BCUT2D eigenvalue weighted by Crippen LogP contribution is -2.29. The largest absolute Gasteiger partial charge is 0.507 e. The number of nitrogens with zero attached hydrogens (tertiary/aromatic N) is 1. The normalized spacial score (nSPS) is 16.7. The van der Waals surface area contributed by atoms with Crippen molar-refractivity contribution in [2.75, 3.05) is 18.6 Å². The highest BCUT2D eigenvalue weighted by Crippen LogP contribution is 2.45. The number of hydrogen-bond donors (Lipinski definition) is 1. The van der Waals surface area contributed by atoms with E-state index in [1.807, 2.05) is 33.8 Å². The Morgan fingerprint density at radius 2 is 1.76 bits per heavy atom. The highest BCUT2D eigenvalue weighted by atomic mass is 16.5. The van der Waals surface area contributed by atoms with Crippen LogP contribution >= 0.6 is 0 Å². The Balaban J connectivity index is 1.90. The van der Waals surface area contributed by atoms with Gasteiger partial charge in [-0.3, -0.25) is 14.5 Å². The monoisotopic (exact) mass is 515 g/mol. The molecule has 1 saturated heterocycles. The van der Waals surface area contributed by atoms with Crippen LogP contribution in [0.3, 0.4) is 0 Å². The number of carbonyl (C=O) groups is 2. The minimum atomic E-state index is -0.917. The lowest BCUT2D eigenvalue weighted by Gasteiger charge is -2.27. The Labute approximate surface area is 223 Å². The van der Waals surface area contributed by atoms with Gasteiger partial charge in [0.2, 0.25) is 0 Å². The smallest absolute Gasteiger partial charge is 0.300 e. The molecule has 1 aliphatic rings. The lowest BCUT2D eigenvalue weighted by atomic mass is 9.94. The number of benzene rings is 3. The fourth-order valence-corrected chi connectivity index (χ4v) is 4.57. The van der Waals surface area contributed by atoms with Crippen molar-refractivity contribution < 1.29 is 28.9 Å². The summed E-state index contributed by atoms with van der Waals surface area (Å²) in [5.74, 6) is -0.0292. The van der Waals surface area contributed by atoms with Gasteiger partial charge in [0.05, 0.1) is 31.4 Å². The number of Topliss-reactive ketones (excluding diaryl/α,β-unsaturated/α-hetero) is 1. The van der Waals surface area contributed by atoms with Crippen molar-refractivity contribution in [3.05, 3.63) is 89.0 Å². The summed E-state index contributed by atoms with van der Waals surface area (Å²) in [7, 11) is 1.53. The molecule has 0 bridgehead atoms. The first-order valence-corrected chi connectivity index (χ1v) is 12.7. The minimum absolute atomic E-state index is 0.0129. The number of aliphatic hydroxyl groups excluding tert-OH is 1. The second-order valence-electron chi connectivity index (χ2n) is 9.40. The number of ketones is 1. The number of rotatable bonds is 9. The molecule has 38 heavy (non-hydrogen) atoms. The van der Waals surface area contributed by atoms with Crippen LogP contribution in [0.25, 0.3) is 5.76 Å². The van der Waals surface area contributed by atoms with Gasteiger partial charge in [0.15, 0.2) is 0 Å². The van der Waals surface area contributed by atoms with E-state index >= 15 is 0 Å². The topological polar surface area (TPSA) is 85.3 Å². The maximum atomic E-state index is 13.5. The van der Waals surface area contributed by atoms with E-state index in [4.69, 9.17) is 14.2 Å². The molecule has 1 heterocycles. The molecule has 0 saturated carbocycles. The molecule has 198 valence electrons. The Hall–Kier alpha value is -4.26. The molecule has 3 aromatic rings. The predicted molar refractivity (Wildman–Crippen MR) is 147 cm³/mol. The van der Waals surface area contributed by atoms with Gasteiger partial charge in [-0.15, -0.1) is 0 Å². The van der Waals surface area contributed by atoms with Crippen molar-refractivity contribution in [3.63, 3.8) is 0 Å². The van der Waals surface area contributed by atoms with Crippen LogP contribution in [0.2, 0.25) is 0 Å². The number of aliphatic hydroxyl groups is 1. The molecule has 0 aliphatic carbocycles. The van der Waals surface area contributed by atoms with Gasteiger partial charge in [-0.2, -0.15) is 0 Å². The summed E-state index contributed by atoms with van der Waals surface area (Å²) in [4.78, 5) is 28.5. The van der Waals surface area contributed by atoms with Gasteiger partial charge in [-0.25, -0.2) is 0 Å². The summed E-state index contributed by atoms with van der Waals surface area (Å²) in [6.07, 6.45) is 0.817. The van der Waals surface area contributed by atoms with Crippen LogP contribution in [0.5, 0.6) is 17.2 Å². The number of aryl methyl sites for hydroxylation is 1. The number of hydrogen-bond acceptors (Lipinski definition) is 6. The summed E-state index contributed by atoms with van der Waals surface area (Å²) in [5.41, 5.74) is 2.25. The summed E-state index contributed by atoms with van der Waals surface area (Å²) in [6.45, 7) is 8.27. The van der Waals surface area contributed by atoms with E-state index in [1.165, 1.54) is 12.0 Å². The van der Waals surface area contributed by atoms with Crippen LogP contribution in [0.15, 0.2) is 72.3 Å². The highest BCUT2D eigenvalue weighted by Gasteiger charge is 2.48.